The SMILES string of the molecule is Cc1cc(O)c(C)c(F)c1OCc1ccccc1-n1nnn(C)c1=O. The number of nitrogens with zero attached hydrogens (tertiary/aromatic N) is 4. The largest absolute Gasteiger partial charge is 0.508 e. The third kappa shape index (κ3) is 2.98. The first kappa shape index (κ1) is 16.7. The molecule has 1 N–H and O–H groups in total. The second-order valence-corrected chi connectivity index (χ2v) is 5.69. The first-order valence-electron chi connectivity index (χ1n) is 7.59. The maximum Gasteiger partial charge on any atom is 0.368 e. The van der Waals surface area contributed by atoms with Gasteiger partial charge in [-0.15, -0.1) is 0 Å². The van der Waals surface area contributed by atoms with E-state index in [1.165, 1.54) is 20.0 Å². The molecule has 0 radical (unpaired) electrons. The molecule has 0 bridgehead atoms. The summed E-state index contributed by atoms with van der Waals surface area (Å²) in [6.07, 6.45) is 0. The van der Waals surface area contributed by atoms with Crippen LogP contribution in [0.3, 0.4) is 0 Å². The van der Waals surface area contributed by atoms with Crippen molar-refractivity contribution in [2.45, 2.75) is 20.5 Å². The molecule has 2 aromatic carbocycles. The maximum absolute atomic E-state index is 14.4. The fourth-order valence-corrected chi connectivity index (χ4v) is 2.47. The van der Waals surface area contributed by atoms with Crippen molar-refractivity contribution in [1.29, 1.82) is 0 Å². The Balaban J connectivity index is 1.95. The van der Waals surface area contributed by atoms with Crippen molar-refractivity contribution in [3.63, 3.8) is 0 Å². The van der Waals surface area contributed by atoms with E-state index < -0.39 is 11.5 Å². The summed E-state index contributed by atoms with van der Waals surface area (Å²) in [6.45, 7) is 3.15. The molecular formula is C17H17FN4O3. The van der Waals surface area contributed by atoms with Gasteiger partial charge in [0.05, 0.1) is 5.69 Å². The molecule has 0 saturated heterocycles. The number of phenolic OH excluding ortho intramolecular Hbond substituents is 1. The summed E-state index contributed by atoms with van der Waals surface area (Å²) >= 11 is 0. The predicted molar refractivity (Wildman–Crippen MR) is 88.5 cm³/mol. The summed E-state index contributed by atoms with van der Waals surface area (Å²) in [4.78, 5) is 12.1. The van der Waals surface area contributed by atoms with Crippen molar-refractivity contribution in [2.24, 2.45) is 7.05 Å². The molecular weight excluding hydrogens is 327 g/mol. The van der Waals surface area contributed by atoms with Crippen molar-refractivity contribution in [2.75, 3.05) is 0 Å². The summed E-state index contributed by atoms with van der Waals surface area (Å²) in [7, 11) is 1.50. The number of hydrogen-bond acceptors (Lipinski definition) is 5. The molecule has 0 fully saturated rings. The number of tetrazole rings is 1. The average Bonchev–Trinajstić information content (AvgIpc) is 2.92. The molecule has 7 nitrogen and oxygen atoms in total. The third-order valence-electron chi connectivity index (χ3n) is 3.94. The van der Waals surface area contributed by atoms with Crippen LogP contribution >= 0.6 is 0 Å². The summed E-state index contributed by atoms with van der Waals surface area (Å²) in [5.74, 6) is -0.655. The van der Waals surface area contributed by atoms with Crippen LogP contribution in [0.2, 0.25) is 0 Å². The fourth-order valence-electron chi connectivity index (χ4n) is 2.47. The van der Waals surface area contributed by atoms with Crippen LogP contribution in [0.1, 0.15) is 16.7 Å². The first-order chi connectivity index (χ1) is 11.9. The molecule has 3 aromatic rings. The van der Waals surface area contributed by atoms with Gasteiger partial charge in [-0.2, -0.15) is 9.36 Å². The zero-order valence-electron chi connectivity index (χ0n) is 14.0. The van der Waals surface area contributed by atoms with Gasteiger partial charge in [0.1, 0.15) is 12.4 Å². The molecule has 1 aromatic heterocycles. The summed E-state index contributed by atoms with van der Waals surface area (Å²) in [5, 5.41) is 17.2. The van der Waals surface area contributed by atoms with E-state index in [0.717, 1.165) is 9.36 Å². The highest BCUT2D eigenvalue weighted by atomic mass is 19.1. The molecule has 0 aliphatic heterocycles. The topological polar surface area (TPSA) is 82.2 Å². The third-order valence-corrected chi connectivity index (χ3v) is 3.94. The van der Waals surface area contributed by atoms with Crippen molar-refractivity contribution in [3.05, 3.63) is 63.3 Å². The van der Waals surface area contributed by atoms with Gasteiger partial charge in [0, 0.05) is 18.2 Å². The molecule has 1 heterocycles. The molecule has 0 aliphatic rings. The van der Waals surface area contributed by atoms with E-state index in [2.05, 4.69) is 10.4 Å². The lowest BCUT2D eigenvalue weighted by Crippen LogP contribution is -2.23. The van der Waals surface area contributed by atoms with Crippen molar-refractivity contribution < 1.29 is 14.2 Å². The van der Waals surface area contributed by atoms with Gasteiger partial charge in [0.2, 0.25) is 0 Å². The standard InChI is InChI=1S/C17H17FN4O3/c1-10-8-14(23)11(2)15(18)16(10)25-9-12-6-4-5-7-13(12)22-17(24)21(3)19-20-22/h4-8,23H,9H2,1-3H3. The van der Waals surface area contributed by atoms with Gasteiger partial charge in [-0.1, -0.05) is 18.2 Å². The number of para-hydroxylation sites is 1. The first-order valence-corrected chi connectivity index (χ1v) is 7.59. The van der Waals surface area contributed by atoms with Crippen molar-refractivity contribution >= 4 is 0 Å². The Hall–Kier alpha value is -3.16. The van der Waals surface area contributed by atoms with E-state index in [9.17, 15) is 14.3 Å². The van der Waals surface area contributed by atoms with Gasteiger partial charge in [-0.05, 0) is 42.0 Å². The molecule has 130 valence electrons. The second kappa shape index (κ2) is 6.39. The summed E-state index contributed by atoms with van der Waals surface area (Å²) in [5.41, 5.74) is 1.37. The van der Waals surface area contributed by atoms with E-state index >= 15 is 0 Å². The normalized spacial score (nSPS) is 10.9. The zero-order valence-corrected chi connectivity index (χ0v) is 14.0. The van der Waals surface area contributed by atoms with Crippen LogP contribution in [0.15, 0.2) is 35.1 Å². The van der Waals surface area contributed by atoms with Gasteiger partial charge in [-0.25, -0.2) is 9.18 Å². The number of aryl methyl sites for hydroxylation is 2. The lowest BCUT2D eigenvalue weighted by Gasteiger charge is -2.14. The van der Waals surface area contributed by atoms with Crippen LogP contribution < -0.4 is 10.4 Å². The summed E-state index contributed by atoms with van der Waals surface area (Å²) in [6, 6.07) is 8.47. The Morgan fingerprint density at radius 3 is 2.64 bits per heavy atom. The highest BCUT2D eigenvalue weighted by Crippen LogP contribution is 2.32. The molecule has 0 amide bonds. The van der Waals surface area contributed by atoms with E-state index in [1.807, 2.05) is 0 Å². The number of benzene rings is 2. The number of aromatic nitrogens is 4. The molecule has 0 spiro atoms. The second-order valence-electron chi connectivity index (χ2n) is 5.69. The van der Waals surface area contributed by atoms with Gasteiger partial charge < -0.3 is 9.84 Å². The minimum absolute atomic E-state index is 0.0289. The Morgan fingerprint density at radius 1 is 1.24 bits per heavy atom. The zero-order chi connectivity index (χ0) is 18.1. The van der Waals surface area contributed by atoms with Crippen LogP contribution in [0.25, 0.3) is 5.69 Å². The number of phenols is 1. The van der Waals surface area contributed by atoms with Gasteiger partial charge in [-0.3, -0.25) is 0 Å². The van der Waals surface area contributed by atoms with Crippen molar-refractivity contribution in [1.82, 2.24) is 19.8 Å². The van der Waals surface area contributed by atoms with Crippen LogP contribution in [0.5, 0.6) is 11.5 Å². The average molecular weight is 344 g/mol. The lowest BCUT2D eigenvalue weighted by molar-refractivity contribution is 0.285. The highest BCUT2D eigenvalue weighted by molar-refractivity contribution is 5.46. The molecule has 0 aliphatic carbocycles. The van der Waals surface area contributed by atoms with Gasteiger partial charge in [0.25, 0.3) is 0 Å². The Kier molecular flexibility index (Phi) is 4.26. The Morgan fingerprint density at radius 2 is 1.96 bits per heavy atom. The molecule has 0 atom stereocenters. The molecule has 0 unspecified atom stereocenters. The molecule has 3 rings (SSSR count). The van der Waals surface area contributed by atoms with E-state index in [4.69, 9.17) is 4.74 Å². The summed E-state index contributed by atoms with van der Waals surface area (Å²) < 4.78 is 22.3. The minimum Gasteiger partial charge on any atom is -0.508 e. The fraction of sp³-hybridized carbons (Fsp3) is 0.235. The molecule has 8 heteroatoms. The number of halogens is 1. The quantitative estimate of drug-likeness (QED) is 0.783. The monoisotopic (exact) mass is 344 g/mol. The van der Waals surface area contributed by atoms with Gasteiger partial charge >= 0.3 is 5.69 Å². The number of rotatable bonds is 4. The Bertz CT molecular complexity index is 994. The van der Waals surface area contributed by atoms with Gasteiger partial charge in [0.15, 0.2) is 11.6 Å². The maximum atomic E-state index is 14.4. The number of ether oxygens (including phenoxy) is 1. The van der Waals surface area contributed by atoms with E-state index in [-0.39, 0.29) is 23.7 Å². The Labute approximate surface area is 142 Å². The van der Waals surface area contributed by atoms with E-state index in [0.29, 0.717) is 16.8 Å². The minimum atomic E-state index is -0.605. The number of aromatic hydroxyl groups is 1. The highest BCUT2D eigenvalue weighted by Gasteiger charge is 2.16. The smallest absolute Gasteiger partial charge is 0.368 e. The van der Waals surface area contributed by atoms with Crippen LogP contribution in [0.4, 0.5) is 4.39 Å². The molecule has 25 heavy (non-hydrogen) atoms. The van der Waals surface area contributed by atoms with Crippen LogP contribution in [0, 0.1) is 19.7 Å². The number of hydrogen-bond donors (Lipinski definition) is 1. The lowest BCUT2D eigenvalue weighted by atomic mass is 10.1. The van der Waals surface area contributed by atoms with Crippen LogP contribution in [-0.2, 0) is 13.7 Å². The predicted octanol–water partition coefficient (Wildman–Crippen LogP) is 2.01. The van der Waals surface area contributed by atoms with E-state index in [1.54, 1.807) is 31.2 Å². The van der Waals surface area contributed by atoms with Crippen LogP contribution in [-0.4, -0.2) is 24.9 Å². The molecule has 0 saturated carbocycles. The van der Waals surface area contributed by atoms with Crippen molar-refractivity contribution in [3.8, 4) is 17.2 Å².